The first-order chi connectivity index (χ1) is 8.08. The van der Waals surface area contributed by atoms with Gasteiger partial charge in [0.05, 0.1) is 22.4 Å². The summed E-state index contributed by atoms with van der Waals surface area (Å²) in [5, 5.41) is 2.77. The Morgan fingerprint density at radius 1 is 1.47 bits per heavy atom. The first-order valence-electron chi connectivity index (χ1n) is 5.16. The van der Waals surface area contributed by atoms with Crippen molar-refractivity contribution in [2.45, 2.75) is 13.8 Å². The third-order valence-electron chi connectivity index (χ3n) is 2.49. The number of nitrogens with two attached hydrogens (primary N) is 1. The number of anilines is 2. The first-order valence-corrected chi connectivity index (χ1v) is 5.97. The van der Waals surface area contributed by atoms with Crippen LogP contribution in [0, 0.1) is 13.8 Å². The van der Waals surface area contributed by atoms with E-state index in [4.69, 9.17) is 5.73 Å². The molecule has 0 aromatic carbocycles. The lowest BCUT2D eigenvalue weighted by atomic mass is 10.2. The zero-order valence-corrected chi connectivity index (χ0v) is 10.5. The van der Waals surface area contributed by atoms with Gasteiger partial charge in [0, 0.05) is 11.1 Å². The summed E-state index contributed by atoms with van der Waals surface area (Å²) in [6.07, 6.45) is 3.11. The molecule has 17 heavy (non-hydrogen) atoms. The minimum atomic E-state index is -0.135. The van der Waals surface area contributed by atoms with E-state index in [0.717, 1.165) is 10.4 Å². The largest absolute Gasteiger partial charge is 0.396 e. The minimum Gasteiger partial charge on any atom is -0.396 e. The molecule has 0 saturated carbocycles. The molecule has 3 N–H and O–H groups in total. The summed E-state index contributed by atoms with van der Waals surface area (Å²) in [6, 6.07) is 3.56. The summed E-state index contributed by atoms with van der Waals surface area (Å²) in [5.74, 6) is -0.135. The second-order valence-electron chi connectivity index (χ2n) is 3.77. The molecule has 1 amide bonds. The van der Waals surface area contributed by atoms with Gasteiger partial charge in [-0.1, -0.05) is 0 Å². The van der Waals surface area contributed by atoms with Crippen molar-refractivity contribution in [3.63, 3.8) is 0 Å². The minimum absolute atomic E-state index is 0.135. The summed E-state index contributed by atoms with van der Waals surface area (Å²) in [7, 11) is 0. The zero-order valence-electron chi connectivity index (χ0n) is 9.65. The third kappa shape index (κ3) is 2.45. The van der Waals surface area contributed by atoms with Gasteiger partial charge in [-0.15, -0.1) is 11.3 Å². The normalized spacial score (nSPS) is 10.2. The van der Waals surface area contributed by atoms with E-state index in [1.165, 1.54) is 17.5 Å². The van der Waals surface area contributed by atoms with Crippen LogP contribution in [0.2, 0.25) is 0 Å². The highest BCUT2D eigenvalue weighted by molar-refractivity contribution is 7.14. The lowest BCUT2D eigenvalue weighted by molar-refractivity contribution is 0.103. The molecule has 0 unspecified atom stereocenters. The molecule has 0 atom stereocenters. The van der Waals surface area contributed by atoms with Crippen LogP contribution in [-0.2, 0) is 0 Å². The van der Waals surface area contributed by atoms with Crippen molar-refractivity contribution in [1.82, 2.24) is 4.98 Å². The van der Waals surface area contributed by atoms with E-state index in [0.29, 0.717) is 16.3 Å². The summed E-state index contributed by atoms with van der Waals surface area (Å²) < 4.78 is 0. The van der Waals surface area contributed by atoms with Gasteiger partial charge in [-0.25, -0.2) is 0 Å². The van der Waals surface area contributed by atoms with Crippen LogP contribution in [0.25, 0.3) is 0 Å². The van der Waals surface area contributed by atoms with Crippen molar-refractivity contribution in [3.8, 4) is 0 Å². The number of amides is 1. The van der Waals surface area contributed by atoms with Gasteiger partial charge >= 0.3 is 0 Å². The first kappa shape index (κ1) is 11.6. The predicted octanol–water partition coefficient (Wildman–Crippen LogP) is 2.59. The molecule has 0 aliphatic carbocycles. The average Bonchev–Trinajstić information content (AvgIpc) is 2.63. The van der Waals surface area contributed by atoms with Gasteiger partial charge in [0.15, 0.2) is 0 Å². The molecule has 4 nitrogen and oxygen atoms in total. The van der Waals surface area contributed by atoms with Crippen LogP contribution < -0.4 is 11.1 Å². The summed E-state index contributed by atoms with van der Waals surface area (Å²) in [5.41, 5.74) is 7.89. The third-order valence-corrected chi connectivity index (χ3v) is 3.64. The summed E-state index contributed by atoms with van der Waals surface area (Å²) in [6.45, 7) is 3.99. The molecule has 0 radical (unpaired) electrons. The molecule has 2 heterocycles. The van der Waals surface area contributed by atoms with Crippen LogP contribution in [0.4, 0.5) is 11.4 Å². The van der Waals surface area contributed by atoms with Crippen LogP contribution >= 0.6 is 11.3 Å². The van der Waals surface area contributed by atoms with E-state index in [9.17, 15) is 4.79 Å². The van der Waals surface area contributed by atoms with E-state index in [1.807, 2.05) is 19.9 Å². The Morgan fingerprint density at radius 3 is 2.82 bits per heavy atom. The Labute approximate surface area is 103 Å². The number of nitrogens with zero attached hydrogens (tertiary/aromatic N) is 1. The Morgan fingerprint density at radius 2 is 2.24 bits per heavy atom. The highest BCUT2D eigenvalue weighted by Crippen LogP contribution is 2.23. The van der Waals surface area contributed by atoms with Gasteiger partial charge in [0.1, 0.15) is 0 Å². The van der Waals surface area contributed by atoms with Crippen molar-refractivity contribution in [3.05, 3.63) is 39.8 Å². The van der Waals surface area contributed by atoms with Crippen LogP contribution in [0.5, 0.6) is 0 Å². The molecule has 88 valence electrons. The molecule has 0 aliphatic heterocycles. The fraction of sp³-hybridized carbons (Fsp3) is 0.167. The number of nitrogen functional groups attached to an aromatic ring is 1. The van der Waals surface area contributed by atoms with Crippen molar-refractivity contribution in [2.24, 2.45) is 0 Å². The van der Waals surface area contributed by atoms with Gasteiger partial charge in [0.2, 0.25) is 0 Å². The Hall–Kier alpha value is -1.88. The number of carbonyl (C=O) groups is 1. The Balaban J connectivity index is 2.20. The number of pyridine rings is 1. The smallest absolute Gasteiger partial charge is 0.265 e. The molecule has 2 rings (SSSR count). The highest BCUT2D eigenvalue weighted by atomic mass is 32.1. The van der Waals surface area contributed by atoms with E-state index in [-0.39, 0.29) is 5.91 Å². The van der Waals surface area contributed by atoms with Crippen LogP contribution in [0.3, 0.4) is 0 Å². The monoisotopic (exact) mass is 247 g/mol. The van der Waals surface area contributed by atoms with Crippen LogP contribution in [0.1, 0.15) is 20.1 Å². The average molecular weight is 247 g/mol. The van der Waals surface area contributed by atoms with E-state index < -0.39 is 0 Å². The second-order valence-corrected chi connectivity index (χ2v) is 5.02. The number of aryl methyl sites for hydroxylation is 2. The number of nitrogens with one attached hydrogen (secondary N) is 1. The van der Waals surface area contributed by atoms with Gasteiger partial charge in [-0.05, 0) is 31.5 Å². The van der Waals surface area contributed by atoms with Crippen LogP contribution in [0.15, 0.2) is 24.5 Å². The summed E-state index contributed by atoms with van der Waals surface area (Å²) in [4.78, 5) is 17.7. The molecule has 0 aliphatic rings. The lowest BCUT2D eigenvalue weighted by Gasteiger charge is -2.05. The van der Waals surface area contributed by atoms with E-state index in [2.05, 4.69) is 10.3 Å². The number of thiophene rings is 1. The number of carbonyl (C=O) groups excluding carboxylic acids is 1. The molecule has 0 fully saturated rings. The SMILES string of the molecule is Cc1cc(C(=O)Nc2ccncc2N)sc1C. The van der Waals surface area contributed by atoms with Gasteiger partial charge in [-0.3, -0.25) is 9.78 Å². The molecule has 2 aromatic rings. The maximum atomic E-state index is 12.0. The molecule has 2 aromatic heterocycles. The van der Waals surface area contributed by atoms with Gasteiger partial charge in [0.25, 0.3) is 5.91 Å². The molecule has 0 bridgehead atoms. The van der Waals surface area contributed by atoms with Gasteiger partial charge < -0.3 is 11.1 Å². The molecule has 0 spiro atoms. The van der Waals surface area contributed by atoms with Crippen molar-refractivity contribution >= 4 is 28.6 Å². The standard InChI is InChI=1S/C12H13N3OS/c1-7-5-11(17-8(7)2)12(16)15-10-3-4-14-6-9(10)13/h3-6H,13H2,1-2H3,(H,14,15,16). The molecule has 0 saturated heterocycles. The maximum absolute atomic E-state index is 12.0. The topological polar surface area (TPSA) is 68.0 Å². The number of hydrogen-bond donors (Lipinski definition) is 2. The molecular formula is C12H13N3OS. The Bertz CT molecular complexity index is 543. The zero-order chi connectivity index (χ0) is 12.4. The van der Waals surface area contributed by atoms with E-state index >= 15 is 0 Å². The quantitative estimate of drug-likeness (QED) is 0.857. The number of aromatic nitrogens is 1. The van der Waals surface area contributed by atoms with Crippen LogP contribution in [-0.4, -0.2) is 10.9 Å². The van der Waals surface area contributed by atoms with Crippen molar-refractivity contribution in [1.29, 1.82) is 0 Å². The van der Waals surface area contributed by atoms with Crippen molar-refractivity contribution < 1.29 is 4.79 Å². The van der Waals surface area contributed by atoms with E-state index in [1.54, 1.807) is 12.3 Å². The lowest BCUT2D eigenvalue weighted by Crippen LogP contribution is -2.11. The highest BCUT2D eigenvalue weighted by Gasteiger charge is 2.11. The maximum Gasteiger partial charge on any atom is 0.265 e. The van der Waals surface area contributed by atoms with Crippen molar-refractivity contribution in [2.75, 3.05) is 11.1 Å². The Kier molecular flexibility index (Phi) is 3.10. The fourth-order valence-electron chi connectivity index (χ4n) is 1.39. The number of hydrogen-bond acceptors (Lipinski definition) is 4. The second kappa shape index (κ2) is 4.55. The molecular weight excluding hydrogens is 234 g/mol. The molecule has 5 heteroatoms. The fourth-order valence-corrected chi connectivity index (χ4v) is 2.32. The number of rotatable bonds is 2. The van der Waals surface area contributed by atoms with Gasteiger partial charge in [-0.2, -0.15) is 0 Å². The summed E-state index contributed by atoms with van der Waals surface area (Å²) >= 11 is 1.48. The predicted molar refractivity (Wildman–Crippen MR) is 70.4 cm³/mol.